The summed E-state index contributed by atoms with van der Waals surface area (Å²) in [4.78, 5) is 25.4. The van der Waals surface area contributed by atoms with E-state index in [2.05, 4.69) is 5.32 Å². The van der Waals surface area contributed by atoms with E-state index >= 15 is 0 Å². The monoisotopic (exact) mass is 555 g/mol. The number of nitrogens with one attached hydrogen (secondary N) is 1. The molecule has 0 aliphatic rings. The molecule has 3 aromatic carbocycles. The molecule has 1 amide bonds. The lowest BCUT2D eigenvalue weighted by Gasteiger charge is -2.18. The molecule has 0 heterocycles. The second-order valence-corrected chi connectivity index (χ2v) is 11.2. The van der Waals surface area contributed by atoms with Gasteiger partial charge in [-0.05, 0) is 34.2 Å². The summed E-state index contributed by atoms with van der Waals surface area (Å²) in [5, 5.41) is 2.57. The zero-order chi connectivity index (χ0) is 28.3. The van der Waals surface area contributed by atoms with Gasteiger partial charge in [0.2, 0.25) is 0 Å². The van der Waals surface area contributed by atoms with E-state index in [0.717, 1.165) is 11.1 Å². The molecular formula is C29H33NO8S. The SMILES string of the molecule is CC(C)(C)COS(=O)(=O)Oc1ccc(C[C@H](NC(=O)OCc2ccccc2)C(=O)OCc2ccccc2)cc1. The summed E-state index contributed by atoms with van der Waals surface area (Å²) in [5.41, 5.74) is 1.86. The fraction of sp³-hybridized carbons (Fsp3) is 0.310. The number of hydrogen-bond donors (Lipinski definition) is 1. The maximum Gasteiger partial charge on any atom is 0.449 e. The smallest absolute Gasteiger partial charge is 0.449 e. The van der Waals surface area contributed by atoms with Crippen molar-refractivity contribution in [3.63, 3.8) is 0 Å². The Morgan fingerprint density at radius 1 is 0.769 bits per heavy atom. The van der Waals surface area contributed by atoms with Crippen LogP contribution < -0.4 is 9.50 Å². The molecule has 1 atom stereocenters. The molecule has 0 saturated carbocycles. The number of carbonyl (C=O) groups is 2. The summed E-state index contributed by atoms with van der Waals surface area (Å²) >= 11 is 0. The maximum atomic E-state index is 12.9. The van der Waals surface area contributed by atoms with Crippen LogP contribution >= 0.6 is 0 Å². The lowest BCUT2D eigenvalue weighted by molar-refractivity contribution is -0.147. The van der Waals surface area contributed by atoms with Gasteiger partial charge in [0.1, 0.15) is 25.0 Å². The van der Waals surface area contributed by atoms with Crippen LogP contribution in [0.25, 0.3) is 0 Å². The molecule has 0 saturated heterocycles. The van der Waals surface area contributed by atoms with Crippen LogP contribution in [0.4, 0.5) is 4.79 Å². The molecule has 1 N–H and O–H groups in total. The molecule has 39 heavy (non-hydrogen) atoms. The van der Waals surface area contributed by atoms with Crippen LogP contribution in [0.15, 0.2) is 84.9 Å². The van der Waals surface area contributed by atoms with Crippen molar-refractivity contribution in [3.05, 3.63) is 102 Å². The number of ether oxygens (including phenoxy) is 2. The third-order valence-corrected chi connectivity index (χ3v) is 6.01. The first-order chi connectivity index (χ1) is 18.5. The Bertz CT molecular complexity index is 1300. The average molecular weight is 556 g/mol. The number of alkyl carbamates (subject to hydrolysis) is 1. The van der Waals surface area contributed by atoms with Gasteiger partial charge in [0.05, 0.1) is 6.61 Å². The number of amides is 1. The predicted octanol–water partition coefficient (Wildman–Crippen LogP) is 4.95. The van der Waals surface area contributed by atoms with E-state index in [9.17, 15) is 18.0 Å². The van der Waals surface area contributed by atoms with E-state index in [1.807, 2.05) is 81.4 Å². The summed E-state index contributed by atoms with van der Waals surface area (Å²) in [6.45, 7) is 5.55. The van der Waals surface area contributed by atoms with Gasteiger partial charge in [0.15, 0.2) is 0 Å². The number of hydrogen-bond acceptors (Lipinski definition) is 8. The minimum Gasteiger partial charge on any atom is -0.459 e. The lowest BCUT2D eigenvalue weighted by atomic mass is 9.99. The predicted molar refractivity (Wildman–Crippen MR) is 145 cm³/mol. The van der Waals surface area contributed by atoms with Crippen LogP contribution in [0.5, 0.6) is 5.75 Å². The van der Waals surface area contributed by atoms with Gasteiger partial charge >= 0.3 is 22.5 Å². The van der Waals surface area contributed by atoms with Crippen LogP contribution in [0, 0.1) is 5.41 Å². The Morgan fingerprint density at radius 2 is 1.31 bits per heavy atom. The van der Waals surface area contributed by atoms with Crippen LogP contribution in [-0.4, -0.2) is 33.1 Å². The standard InChI is InChI=1S/C29H33NO8S/c1-29(2,3)21-37-39(33,34)38-25-16-14-22(15-17-25)18-26(27(31)35-19-23-10-6-4-7-11-23)30-28(32)36-20-24-12-8-5-9-13-24/h4-17,26H,18-21H2,1-3H3,(H,30,32)/t26-/m0/s1. The summed E-state index contributed by atoms with van der Waals surface area (Å²) in [5.74, 6) is -0.597. The fourth-order valence-electron chi connectivity index (χ4n) is 3.24. The Morgan fingerprint density at radius 3 is 1.85 bits per heavy atom. The molecular weight excluding hydrogens is 522 g/mol. The fourth-order valence-corrected chi connectivity index (χ4v) is 4.13. The lowest BCUT2D eigenvalue weighted by Crippen LogP contribution is -2.43. The highest BCUT2D eigenvalue weighted by molar-refractivity contribution is 7.82. The van der Waals surface area contributed by atoms with Crippen molar-refractivity contribution in [1.82, 2.24) is 5.32 Å². The van der Waals surface area contributed by atoms with E-state index < -0.39 is 28.5 Å². The molecule has 0 fully saturated rings. The van der Waals surface area contributed by atoms with Crippen molar-refractivity contribution in [2.45, 2.75) is 46.4 Å². The third kappa shape index (κ3) is 11.2. The minimum absolute atomic E-state index is 0.0355. The van der Waals surface area contributed by atoms with E-state index in [0.29, 0.717) is 5.56 Å². The number of carbonyl (C=O) groups excluding carboxylic acids is 2. The molecule has 0 aliphatic carbocycles. The van der Waals surface area contributed by atoms with Crippen molar-refractivity contribution < 1.29 is 35.8 Å². The van der Waals surface area contributed by atoms with Gasteiger partial charge in [-0.15, -0.1) is 0 Å². The molecule has 10 heteroatoms. The number of esters is 1. The molecule has 0 bridgehead atoms. The van der Waals surface area contributed by atoms with Gasteiger partial charge in [-0.25, -0.2) is 13.8 Å². The molecule has 3 rings (SSSR count). The van der Waals surface area contributed by atoms with Gasteiger partial charge in [-0.3, -0.25) is 0 Å². The zero-order valence-electron chi connectivity index (χ0n) is 22.2. The van der Waals surface area contributed by atoms with Crippen molar-refractivity contribution in [2.75, 3.05) is 6.61 Å². The van der Waals surface area contributed by atoms with E-state index in [-0.39, 0.29) is 37.4 Å². The summed E-state index contributed by atoms with van der Waals surface area (Å²) in [6, 6.07) is 23.3. The Hall–Kier alpha value is -3.89. The highest BCUT2D eigenvalue weighted by Gasteiger charge is 2.24. The van der Waals surface area contributed by atoms with E-state index in [4.69, 9.17) is 17.8 Å². The second-order valence-electron chi connectivity index (χ2n) is 10.0. The van der Waals surface area contributed by atoms with Gasteiger partial charge in [0, 0.05) is 6.42 Å². The second kappa shape index (κ2) is 13.8. The first-order valence-electron chi connectivity index (χ1n) is 12.3. The largest absolute Gasteiger partial charge is 0.459 e. The van der Waals surface area contributed by atoms with Crippen LogP contribution in [0.3, 0.4) is 0 Å². The number of benzene rings is 3. The van der Waals surface area contributed by atoms with Crippen LogP contribution in [0.2, 0.25) is 0 Å². The van der Waals surface area contributed by atoms with Crippen molar-refractivity contribution >= 4 is 22.5 Å². The van der Waals surface area contributed by atoms with Crippen molar-refractivity contribution in [2.24, 2.45) is 5.41 Å². The molecule has 0 aromatic heterocycles. The summed E-state index contributed by atoms with van der Waals surface area (Å²) in [7, 11) is -4.24. The first kappa shape index (κ1) is 29.7. The van der Waals surface area contributed by atoms with Gasteiger partial charge < -0.3 is 19.0 Å². The van der Waals surface area contributed by atoms with Gasteiger partial charge in [-0.1, -0.05) is 93.6 Å². The molecule has 0 radical (unpaired) electrons. The Balaban J connectivity index is 1.64. The number of rotatable bonds is 12. The van der Waals surface area contributed by atoms with Gasteiger partial charge in [-0.2, -0.15) is 8.42 Å². The maximum absolute atomic E-state index is 12.9. The van der Waals surface area contributed by atoms with E-state index in [1.165, 1.54) is 12.1 Å². The van der Waals surface area contributed by atoms with Gasteiger partial charge in [0.25, 0.3) is 0 Å². The average Bonchev–Trinajstić information content (AvgIpc) is 2.91. The molecule has 208 valence electrons. The topological polar surface area (TPSA) is 117 Å². The Kier molecular flexibility index (Phi) is 10.5. The highest BCUT2D eigenvalue weighted by atomic mass is 32.3. The molecule has 9 nitrogen and oxygen atoms in total. The van der Waals surface area contributed by atoms with Crippen LogP contribution in [-0.2, 0) is 48.5 Å². The molecule has 0 spiro atoms. The molecule has 0 unspecified atom stereocenters. The Labute approximate surface area is 229 Å². The quantitative estimate of drug-likeness (QED) is 0.312. The minimum atomic E-state index is -4.24. The zero-order valence-corrected chi connectivity index (χ0v) is 23.0. The molecule has 3 aromatic rings. The first-order valence-corrected chi connectivity index (χ1v) is 13.7. The normalized spacial score (nSPS) is 12.3. The van der Waals surface area contributed by atoms with Crippen molar-refractivity contribution in [3.8, 4) is 5.75 Å². The van der Waals surface area contributed by atoms with E-state index in [1.54, 1.807) is 12.1 Å². The highest BCUT2D eigenvalue weighted by Crippen LogP contribution is 2.19. The third-order valence-electron chi connectivity index (χ3n) is 5.21. The summed E-state index contributed by atoms with van der Waals surface area (Å²) < 4.78 is 44.8. The van der Waals surface area contributed by atoms with Crippen molar-refractivity contribution in [1.29, 1.82) is 0 Å². The van der Waals surface area contributed by atoms with Crippen LogP contribution in [0.1, 0.15) is 37.5 Å². The molecule has 0 aliphatic heterocycles. The summed E-state index contributed by atoms with van der Waals surface area (Å²) in [6.07, 6.45) is -0.704.